The summed E-state index contributed by atoms with van der Waals surface area (Å²) in [5.74, 6) is -2.45. The Labute approximate surface area is 135 Å². The summed E-state index contributed by atoms with van der Waals surface area (Å²) in [7, 11) is 0. The third-order valence-electron chi connectivity index (χ3n) is 4.07. The topological polar surface area (TPSA) is 57.7 Å². The standard InChI is InChI=1S/C15H14F2N2O3S/c16-11-2-1-9(7-12(11)17)14(21)18-5-3-10(4-6-18)19-13(20)8-23-15(19)22/h1-2,7,10H,3-6,8H2. The smallest absolute Gasteiger partial charge is 0.289 e. The molecule has 0 bridgehead atoms. The third-order valence-corrected chi connectivity index (χ3v) is 4.90. The van der Waals surface area contributed by atoms with E-state index in [-0.39, 0.29) is 34.4 Å². The predicted molar refractivity (Wildman–Crippen MR) is 80.0 cm³/mol. The SMILES string of the molecule is O=C(c1ccc(F)c(F)c1)N1CCC(N2C(=O)CSC2=O)CC1. The molecule has 3 rings (SSSR count). The van der Waals surface area contributed by atoms with Crippen LogP contribution in [-0.4, -0.2) is 51.7 Å². The molecule has 0 N–H and O–H groups in total. The molecule has 23 heavy (non-hydrogen) atoms. The summed E-state index contributed by atoms with van der Waals surface area (Å²) in [6.07, 6.45) is 0.987. The van der Waals surface area contributed by atoms with Crippen molar-refractivity contribution in [3.63, 3.8) is 0 Å². The summed E-state index contributed by atoms with van der Waals surface area (Å²) in [6, 6.07) is 2.86. The molecule has 2 heterocycles. The van der Waals surface area contributed by atoms with Gasteiger partial charge in [-0.3, -0.25) is 19.3 Å². The van der Waals surface area contributed by atoms with Crippen LogP contribution >= 0.6 is 11.8 Å². The van der Waals surface area contributed by atoms with Gasteiger partial charge in [0.25, 0.3) is 11.1 Å². The van der Waals surface area contributed by atoms with Gasteiger partial charge in [0, 0.05) is 24.7 Å². The van der Waals surface area contributed by atoms with Gasteiger partial charge in [0.2, 0.25) is 5.91 Å². The molecule has 5 nitrogen and oxygen atoms in total. The minimum atomic E-state index is -1.06. The van der Waals surface area contributed by atoms with E-state index in [1.165, 1.54) is 15.9 Å². The Morgan fingerprint density at radius 2 is 1.83 bits per heavy atom. The van der Waals surface area contributed by atoms with Crippen molar-refractivity contribution in [1.82, 2.24) is 9.80 Å². The molecule has 2 fully saturated rings. The van der Waals surface area contributed by atoms with Gasteiger partial charge in [-0.1, -0.05) is 11.8 Å². The second kappa shape index (κ2) is 6.27. The zero-order valence-corrected chi connectivity index (χ0v) is 12.9. The molecule has 0 atom stereocenters. The molecular formula is C15H14F2N2O3S. The van der Waals surface area contributed by atoms with E-state index in [1.807, 2.05) is 0 Å². The number of carbonyl (C=O) groups excluding carboxylic acids is 3. The summed E-state index contributed by atoms with van der Waals surface area (Å²) < 4.78 is 26.2. The van der Waals surface area contributed by atoms with Crippen LogP contribution in [0.1, 0.15) is 23.2 Å². The highest BCUT2D eigenvalue weighted by Crippen LogP contribution is 2.27. The number of piperidine rings is 1. The highest BCUT2D eigenvalue weighted by Gasteiger charge is 2.38. The lowest BCUT2D eigenvalue weighted by molar-refractivity contribution is -0.126. The van der Waals surface area contributed by atoms with Crippen molar-refractivity contribution in [3.8, 4) is 0 Å². The number of halogens is 2. The molecule has 0 spiro atoms. The number of hydrogen-bond acceptors (Lipinski definition) is 4. The largest absolute Gasteiger partial charge is 0.338 e. The van der Waals surface area contributed by atoms with Crippen molar-refractivity contribution >= 4 is 28.8 Å². The van der Waals surface area contributed by atoms with Gasteiger partial charge >= 0.3 is 0 Å². The van der Waals surface area contributed by atoms with Crippen LogP contribution in [0.2, 0.25) is 0 Å². The quantitative estimate of drug-likeness (QED) is 0.829. The number of benzene rings is 1. The lowest BCUT2D eigenvalue weighted by atomic mass is 10.0. The van der Waals surface area contributed by atoms with E-state index in [1.54, 1.807) is 0 Å². The molecule has 2 saturated heterocycles. The monoisotopic (exact) mass is 340 g/mol. The van der Waals surface area contributed by atoms with E-state index in [2.05, 4.69) is 0 Å². The number of carbonyl (C=O) groups is 3. The van der Waals surface area contributed by atoms with Crippen molar-refractivity contribution in [2.75, 3.05) is 18.8 Å². The van der Waals surface area contributed by atoms with E-state index < -0.39 is 11.6 Å². The number of amides is 3. The average molecular weight is 340 g/mol. The first-order valence-electron chi connectivity index (χ1n) is 7.20. The minimum Gasteiger partial charge on any atom is -0.338 e. The van der Waals surface area contributed by atoms with Gasteiger partial charge in [0.15, 0.2) is 11.6 Å². The van der Waals surface area contributed by atoms with Crippen LogP contribution in [0.5, 0.6) is 0 Å². The number of likely N-dealkylation sites (tertiary alicyclic amines) is 1. The molecule has 0 aromatic heterocycles. The summed E-state index contributed by atoms with van der Waals surface area (Å²) in [4.78, 5) is 38.5. The highest BCUT2D eigenvalue weighted by molar-refractivity contribution is 8.14. The summed E-state index contributed by atoms with van der Waals surface area (Å²) in [6.45, 7) is 0.731. The predicted octanol–water partition coefficient (Wildman–Crippen LogP) is 2.26. The summed E-state index contributed by atoms with van der Waals surface area (Å²) in [5, 5.41) is -0.236. The van der Waals surface area contributed by atoms with Gasteiger partial charge in [-0.15, -0.1) is 0 Å². The highest BCUT2D eigenvalue weighted by atomic mass is 32.2. The van der Waals surface area contributed by atoms with E-state index in [4.69, 9.17) is 0 Å². The third kappa shape index (κ3) is 3.08. The lowest BCUT2D eigenvalue weighted by Crippen LogP contribution is -2.48. The van der Waals surface area contributed by atoms with Crippen molar-refractivity contribution in [2.45, 2.75) is 18.9 Å². The second-order valence-electron chi connectivity index (χ2n) is 5.47. The maximum atomic E-state index is 13.2. The van der Waals surface area contributed by atoms with Crippen LogP contribution in [0.25, 0.3) is 0 Å². The lowest BCUT2D eigenvalue weighted by Gasteiger charge is -2.35. The van der Waals surface area contributed by atoms with E-state index in [0.29, 0.717) is 25.9 Å². The van der Waals surface area contributed by atoms with E-state index in [0.717, 1.165) is 23.9 Å². The Bertz CT molecular complexity index is 659. The van der Waals surface area contributed by atoms with Gasteiger partial charge < -0.3 is 4.90 Å². The molecule has 8 heteroatoms. The summed E-state index contributed by atoms with van der Waals surface area (Å²) in [5.41, 5.74) is 0.0891. The van der Waals surface area contributed by atoms with Crippen molar-refractivity contribution in [1.29, 1.82) is 0 Å². The van der Waals surface area contributed by atoms with Gasteiger partial charge in [-0.2, -0.15) is 0 Å². The average Bonchev–Trinajstić information content (AvgIpc) is 2.88. The zero-order chi connectivity index (χ0) is 16.6. The molecule has 0 saturated carbocycles. The molecule has 0 unspecified atom stereocenters. The van der Waals surface area contributed by atoms with Crippen LogP contribution in [-0.2, 0) is 4.79 Å². The number of thioether (sulfide) groups is 1. The van der Waals surface area contributed by atoms with Gasteiger partial charge in [-0.25, -0.2) is 8.78 Å². The van der Waals surface area contributed by atoms with Crippen LogP contribution in [0, 0.1) is 11.6 Å². The van der Waals surface area contributed by atoms with Crippen LogP contribution < -0.4 is 0 Å². The fourth-order valence-corrected chi connectivity index (χ4v) is 3.63. The molecule has 0 radical (unpaired) electrons. The molecule has 2 aliphatic heterocycles. The van der Waals surface area contributed by atoms with Crippen LogP contribution in [0.3, 0.4) is 0 Å². The number of hydrogen-bond donors (Lipinski definition) is 0. The molecule has 2 aliphatic rings. The maximum Gasteiger partial charge on any atom is 0.289 e. The first kappa shape index (κ1) is 15.9. The first-order chi connectivity index (χ1) is 11.0. The number of imide groups is 1. The van der Waals surface area contributed by atoms with Crippen molar-refractivity contribution in [2.24, 2.45) is 0 Å². The van der Waals surface area contributed by atoms with Gasteiger partial charge in [0.1, 0.15) is 0 Å². The number of nitrogens with zero attached hydrogens (tertiary/aromatic N) is 2. The molecule has 122 valence electrons. The maximum absolute atomic E-state index is 13.2. The van der Waals surface area contributed by atoms with Gasteiger partial charge in [0.05, 0.1) is 5.75 Å². The van der Waals surface area contributed by atoms with Gasteiger partial charge in [-0.05, 0) is 31.0 Å². The van der Waals surface area contributed by atoms with E-state index >= 15 is 0 Å². The first-order valence-corrected chi connectivity index (χ1v) is 8.19. The molecule has 1 aromatic rings. The Morgan fingerprint density at radius 1 is 1.13 bits per heavy atom. The molecule has 3 amide bonds. The molecular weight excluding hydrogens is 326 g/mol. The Hall–Kier alpha value is -1.96. The van der Waals surface area contributed by atoms with E-state index in [9.17, 15) is 23.2 Å². The minimum absolute atomic E-state index is 0.0891. The normalized spacial score (nSPS) is 19.6. The number of rotatable bonds is 2. The summed E-state index contributed by atoms with van der Waals surface area (Å²) >= 11 is 0.994. The molecule has 1 aromatic carbocycles. The van der Waals surface area contributed by atoms with Crippen LogP contribution in [0.4, 0.5) is 13.6 Å². The Kier molecular flexibility index (Phi) is 4.34. The fraction of sp³-hybridized carbons (Fsp3) is 0.400. The Balaban J connectivity index is 1.64. The zero-order valence-electron chi connectivity index (χ0n) is 12.1. The van der Waals surface area contributed by atoms with Crippen molar-refractivity contribution < 1.29 is 23.2 Å². The molecule has 0 aliphatic carbocycles. The second-order valence-corrected chi connectivity index (χ2v) is 6.40. The fourth-order valence-electron chi connectivity index (χ4n) is 2.86. The van der Waals surface area contributed by atoms with Crippen molar-refractivity contribution in [3.05, 3.63) is 35.4 Å². The van der Waals surface area contributed by atoms with Crippen LogP contribution in [0.15, 0.2) is 18.2 Å². The Morgan fingerprint density at radius 3 is 2.39 bits per heavy atom.